The number of aryl methyl sites for hydroxylation is 1. The Morgan fingerprint density at radius 3 is 2.31 bits per heavy atom. The lowest BCUT2D eigenvalue weighted by molar-refractivity contribution is -0.140. The zero-order chi connectivity index (χ0) is 30.3. The molecule has 0 aliphatic heterocycles. The second kappa shape index (κ2) is 14.2. The molecule has 0 heterocycles. The van der Waals surface area contributed by atoms with Gasteiger partial charge in [-0.25, -0.2) is 12.8 Å². The number of nitrogens with zero attached hydrogens (tertiary/aromatic N) is 2. The summed E-state index contributed by atoms with van der Waals surface area (Å²) in [4.78, 5) is 29.6. The minimum absolute atomic E-state index is 0.0220. The van der Waals surface area contributed by atoms with Gasteiger partial charge in [0.05, 0.1) is 17.0 Å². The fourth-order valence-corrected chi connectivity index (χ4v) is 6.34. The Balaban J connectivity index is 1.74. The number of benzene rings is 3. The van der Waals surface area contributed by atoms with Gasteiger partial charge in [-0.15, -0.1) is 0 Å². The highest BCUT2D eigenvalue weighted by molar-refractivity contribution is 7.92. The Labute approximate surface area is 252 Å². The van der Waals surface area contributed by atoms with E-state index in [0.717, 1.165) is 65.4 Å². The van der Waals surface area contributed by atoms with Crippen molar-refractivity contribution in [3.63, 3.8) is 0 Å². The maximum absolute atomic E-state index is 14.2. The van der Waals surface area contributed by atoms with Crippen LogP contribution in [0.1, 0.15) is 48.8 Å². The van der Waals surface area contributed by atoms with Crippen LogP contribution in [0.4, 0.5) is 10.1 Å². The first-order chi connectivity index (χ1) is 20.0. The van der Waals surface area contributed by atoms with Crippen molar-refractivity contribution in [1.29, 1.82) is 0 Å². The summed E-state index contributed by atoms with van der Waals surface area (Å²) in [6.07, 6.45) is 6.17. The number of amides is 2. The molecule has 0 saturated heterocycles. The van der Waals surface area contributed by atoms with Gasteiger partial charge < -0.3 is 10.2 Å². The van der Waals surface area contributed by atoms with E-state index in [1.807, 2.05) is 61.5 Å². The van der Waals surface area contributed by atoms with Gasteiger partial charge in [-0.3, -0.25) is 13.9 Å². The van der Waals surface area contributed by atoms with Crippen LogP contribution in [0.2, 0.25) is 5.02 Å². The topological polar surface area (TPSA) is 86.8 Å². The molecule has 1 aliphatic rings. The second-order valence-corrected chi connectivity index (χ2v) is 13.2. The van der Waals surface area contributed by atoms with E-state index in [4.69, 9.17) is 11.6 Å². The highest BCUT2D eigenvalue weighted by Gasteiger charge is 2.34. The van der Waals surface area contributed by atoms with Crippen molar-refractivity contribution in [2.45, 2.75) is 64.1 Å². The van der Waals surface area contributed by atoms with Crippen molar-refractivity contribution in [3.8, 4) is 0 Å². The lowest BCUT2D eigenvalue weighted by atomic mass is 9.94. The van der Waals surface area contributed by atoms with Gasteiger partial charge >= 0.3 is 0 Å². The van der Waals surface area contributed by atoms with Crippen molar-refractivity contribution in [2.24, 2.45) is 0 Å². The van der Waals surface area contributed by atoms with Crippen LogP contribution < -0.4 is 9.62 Å². The number of carbonyl (C=O) groups is 2. The molecule has 1 aliphatic carbocycles. The molecule has 0 bridgehead atoms. The molecule has 0 aromatic heterocycles. The summed E-state index contributed by atoms with van der Waals surface area (Å²) >= 11 is 5.96. The SMILES string of the molecule is Cc1ccccc1CN(C(=O)CN(c1ccc(F)c(Cl)c1)S(C)(=O)=O)[C@H](Cc1ccccc1)C(=O)NC1CCCCC1. The Morgan fingerprint density at radius 1 is 1.00 bits per heavy atom. The number of hydrogen-bond acceptors (Lipinski definition) is 4. The smallest absolute Gasteiger partial charge is 0.244 e. The summed E-state index contributed by atoms with van der Waals surface area (Å²) < 4.78 is 40.6. The van der Waals surface area contributed by atoms with Crippen molar-refractivity contribution in [2.75, 3.05) is 17.1 Å². The number of rotatable bonds is 11. The molecule has 4 rings (SSSR count). The number of anilines is 1. The lowest BCUT2D eigenvalue weighted by Crippen LogP contribution is -2.55. The average Bonchev–Trinajstić information content (AvgIpc) is 2.96. The van der Waals surface area contributed by atoms with Gasteiger partial charge in [0, 0.05) is 19.0 Å². The van der Waals surface area contributed by atoms with Crippen LogP contribution in [0.5, 0.6) is 0 Å². The first-order valence-corrected chi connectivity index (χ1v) is 16.4. The predicted molar refractivity (Wildman–Crippen MR) is 164 cm³/mol. The van der Waals surface area contributed by atoms with Gasteiger partial charge in [0.15, 0.2) is 0 Å². The maximum Gasteiger partial charge on any atom is 0.244 e. The summed E-state index contributed by atoms with van der Waals surface area (Å²) in [6.45, 7) is 1.44. The quantitative estimate of drug-likeness (QED) is 0.303. The molecular formula is C32H37ClFN3O4S. The van der Waals surface area contributed by atoms with Gasteiger partial charge in [-0.1, -0.05) is 85.5 Å². The third kappa shape index (κ3) is 8.32. The van der Waals surface area contributed by atoms with Gasteiger partial charge in [0.1, 0.15) is 18.4 Å². The summed E-state index contributed by atoms with van der Waals surface area (Å²) in [5.41, 5.74) is 2.70. The van der Waals surface area contributed by atoms with E-state index in [-0.39, 0.29) is 35.6 Å². The van der Waals surface area contributed by atoms with Crippen LogP contribution in [0.25, 0.3) is 0 Å². The van der Waals surface area contributed by atoms with Crippen LogP contribution in [0.15, 0.2) is 72.8 Å². The molecule has 0 radical (unpaired) electrons. The molecule has 1 atom stereocenters. The largest absolute Gasteiger partial charge is 0.352 e. The molecule has 42 heavy (non-hydrogen) atoms. The lowest BCUT2D eigenvalue weighted by Gasteiger charge is -2.35. The van der Waals surface area contributed by atoms with E-state index < -0.39 is 34.3 Å². The van der Waals surface area contributed by atoms with Gasteiger partial charge in [-0.05, 0) is 54.7 Å². The molecule has 0 unspecified atom stereocenters. The van der Waals surface area contributed by atoms with Crippen molar-refractivity contribution in [1.82, 2.24) is 10.2 Å². The summed E-state index contributed by atoms with van der Waals surface area (Å²) in [6, 6.07) is 19.6. The second-order valence-electron chi connectivity index (χ2n) is 10.9. The van der Waals surface area contributed by atoms with Crippen LogP contribution >= 0.6 is 11.6 Å². The zero-order valence-corrected chi connectivity index (χ0v) is 25.5. The molecule has 3 aromatic rings. The molecule has 1 saturated carbocycles. The monoisotopic (exact) mass is 613 g/mol. The van der Waals surface area contributed by atoms with Gasteiger partial charge in [-0.2, -0.15) is 0 Å². The Morgan fingerprint density at radius 2 is 1.67 bits per heavy atom. The maximum atomic E-state index is 14.2. The number of halogens is 2. The van der Waals surface area contributed by atoms with Gasteiger partial charge in [0.25, 0.3) is 0 Å². The van der Waals surface area contributed by atoms with Crippen molar-refractivity contribution in [3.05, 3.63) is 100 Å². The van der Waals surface area contributed by atoms with Crippen LogP contribution in [-0.4, -0.2) is 50.0 Å². The van der Waals surface area contributed by atoms with E-state index in [9.17, 15) is 22.4 Å². The highest BCUT2D eigenvalue weighted by atomic mass is 35.5. The fraction of sp³-hybridized carbons (Fsp3) is 0.375. The number of nitrogens with one attached hydrogen (secondary N) is 1. The standard InChI is InChI=1S/C32H37ClFN3O4S/c1-23-11-9-10-14-25(23)21-36(31(38)22-37(42(2,40)41)27-17-18-29(34)28(33)20-27)30(19-24-12-5-3-6-13-24)32(39)35-26-15-7-4-8-16-26/h3,5-6,9-14,17-18,20,26,30H,4,7-8,15-16,19,21-22H2,1-2H3,(H,35,39)/t30-/m1/s1. The molecule has 1 fully saturated rings. The molecule has 1 N–H and O–H groups in total. The molecule has 3 aromatic carbocycles. The highest BCUT2D eigenvalue weighted by Crippen LogP contribution is 2.26. The number of sulfonamides is 1. The van der Waals surface area contributed by atoms with E-state index in [2.05, 4.69) is 5.32 Å². The summed E-state index contributed by atoms with van der Waals surface area (Å²) in [5.74, 6) is -1.55. The van der Waals surface area contributed by atoms with Crippen LogP contribution in [-0.2, 0) is 32.6 Å². The van der Waals surface area contributed by atoms with Crippen molar-refractivity contribution < 1.29 is 22.4 Å². The van der Waals surface area contributed by atoms with Gasteiger partial charge in [0.2, 0.25) is 21.8 Å². The normalized spacial score (nSPS) is 14.7. The Hall–Kier alpha value is -3.43. The first kappa shape index (κ1) is 31.5. The molecule has 2 amide bonds. The molecule has 10 heteroatoms. The minimum atomic E-state index is -3.98. The number of hydrogen-bond donors (Lipinski definition) is 1. The van der Waals surface area contributed by atoms with E-state index in [1.165, 1.54) is 17.0 Å². The average molecular weight is 614 g/mol. The molecule has 224 valence electrons. The Bertz CT molecular complexity index is 1500. The van der Waals surface area contributed by atoms with E-state index >= 15 is 0 Å². The third-order valence-corrected chi connectivity index (χ3v) is 9.13. The van der Waals surface area contributed by atoms with E-state index in [1.54, 1.807) is 0 Å². The first-order valence-electron chi connectivity index (χ1n) is 14.1. The minimum Gasteiger partial charge on any atom is -0.352 e. The number of carbonyl (C=O) groups excluding carboxylic acids is 2. The zero-order valence-electron chi connectivity index (χ0n) is 23.9. The van der Waals surface area contributed by atoms with Crippen LogP contribution in [0, 0.1) is 12.7 Å². The van der Waals surface area contributed by atoms with E-state index in [0.29, 0.717) is 0 Å². The summed E-state index contributed by atoms with van der Waals surface area (Å²) in [7, 11) is -3.98. The van der Waals surface area contributed by atoms with Crippen molar-refractivity contribution >= 4 is 39.1 Å². The third-order valence-electron chi connectivity index (χ3n) is 7.69. The summed E-state index contributed by atoms with van der Waals surface area (Å²) in [5, 5.41) is 2.92. The van der Waals surface area contributed by atoms with Crippen LogP contribution in [0.3, 0.4) is 0 Å². The molecule has 0 spiro atoms. The molecule has 7 nitrogen and oxygen atoms in total. The fourth-order valence-electron chi connectivity index (χ4n) is 5.32. The molecular weight excluding hydrogens is 577 g/mol. The predicted octanol–water partition coefficient (Wildman–Crippen LogP) is 5.64. The Kier molecular flexibility index (Phi) is 10.6.